The summed E-state index contributed by atoms with van der Waals surface area (Å²) in [6.45, 7) is 11.4. The van der Waals surface area contributed by atoms with Gasteiger partial charge in [0.1, 0.15) is 0 Å². The van der Waals surface area contributed by atoms with Gasteiger partial charge in [-0.2, -0.15) is 0 Å². The lowest BCUT2D eigenvalue weighted by Gasteiger charge is -2.56. The molecule has 3 saturated heterocycles. The molecule has 1 aromatic rings. The van der Waals surface area contributed by atoms with Gasteiger partial charge in [0.2, 0.25) is 5.91 Å². The van der Waals surface area contributed by atoms with Gasteiger partial charge in [0.25, 0.3) is 0 Å². The van der Waals surface area contributed by atoms with Crippen molar-refractivity contribution in [1.29, 1.82) is 0 Å². The molecule has 3 heterocycles. The lowest BCUT2D eigenvalue weighted by atomic mass is 9.72. The normalized spacial score (nSPS) is 30.5. The molecule has 152 valence electrons. The Morgan fingerprint density at radius 1 is 1.29 bits per heavy atom. The molecule has 28 heavy (non-hydrogen) atoms. The average molecular weight is 382 g/mol. The molecule has 0 aromatic heterocycles. The maximum atomic E-state index is 12.6. The van der Waals surface area contributed by atoms with E-state index in [-0.39, 0.29) is 5.91 Å². The van der Waals surface area contributed by atoms with Gasteiger partial charge in [0.05, 0.1) is 6.42 Å². The number of rotatable bonds is 6. The predicted molar refractivity (Wildman–Crippen MR) is 114 cm³/mol. The summed E-state index contributed by atoms with van der Waals surface area (Å²) in [4.78, 5) is 18.0. The molecule has 1 N–H and O–H groups in total. The molecule has 4 rings (SSSR count). The van der Waals surface area contributed by atoms with Crippen LogP contribution in [0.25, 0.3) is 0 Å². The van der Waals surface area contributed by atoms with Gasteiger partial charge in [0.15, 0.2) is 0 Å². The van der Waals surface area contributed by atoms with E-state index in [1.54, 1.807) is 0 Å². The molecule has 4 nitrogen and oxygen atoms in total. The molecule has 1 aromatic carbocycles. The highest BCUT2D eigenvalue weighted by Gasteiger charge is 2.46. The van der Waals surface area contributed by atoms with Crippen LogP contribution >= 0.6 is 0 Å². The Hall–Kier alpha value is -1.65. The van der Waals surface area contributed by atoms with Crippen molar-refractivity contribution in [1.82, 2.24) is 15.1 Å². The van der Waals surface area contributed by atoms with Crippen LogP contribution in [-0.4, -0.2) is 60.5 Å². The summed E-state index contributed by atoms with van der Waals surface area (Å²) in [5, 5.41) is 3.28. The quantitative estimate of drug-likeness (QED) is 0.770. The van der Waals surface area contributed by atoms with E-state index >= 15 is 0 Å². The molecule has 4 atom stereocenters. The van der Waals surface area contributed by atoms with E-state index in [4.69, 9.17) is 0 Å². The second-order valence-electron chi connectivity index (χ2n) is 9.10. The lowest BCUT2D eigenvalue weighted by molar-refractivity contribution is -0.122. The van der Waals surface area contributed by atoms with Crippen LogP contribution in [0.5, 0.6) is 0 Å². The Balaban J connectivity index is 1.41. The summed E-state index contributed by atoms with van der Waals surface area (Å²) in [5.74, 6) is 1.60. The largest absolute Gasteiger partial charge is 0.354 e. The van der Waals surface area contributed by atoms with Crippen molar-refractivity contribution in [2.24, 2.45) is 11.8 Å². The van der Waals surface area contributed by atoms with Crippen LogP contribution in [0, 0.1) is 18.8 Å². The van der Waals surface area contributed by atoms with Gasteiger partial charge in [-0.15, -0.1) is 6.58 Å². The SMILES string of the molecule is C=CCN1C[C@H]2C[C@@H](C1)[C@H](CNC(=O)Cc1cccc(C)c1)N1CCCC[C@@H]21. The zero-order valence-corrected chi connectivity index (χ0v) is 17.3. The first-order valence-corrected chi connectivity index (χ1v) is 11.1. The molecule has 1 amide bonds. The van der Waals surface area contributed by atoms with Crippen molar-refractivity contribution in [2.75, 3.05) is 32.7 Å². The highest BCUT2D eigenvalue weighted by atomic mass is 16.1. The average Bonchev–Trinajstić information content (AvgIpc) is 2.68. The number of benzene rings is 1. The predicted octanol–water partition coefficient (Wildman–Crippen LogP) is 3.01. The lowest BCUT2D eigenvalue weighted by Crippen LogP contribution is -2.65. The third-order valence-electron chi connectivity index (χ3n) is 7.04. The Morgan fingerprint density at radius 3 is 2.96 bits per heavy atom. The number of aryl methyl sites for hydroxylation is 1. The third-order valence-corrected chi connectivity index (χ3v) is 7.04. The Kier molecular flexibility index (Phi) is 6.17. The summed E-state index contributed by atoms with van der Waals surface area (Å²) < 4.78 is 0. The standard InChI is InChI=1S/C24H35N3O/c1-3-10-26-16-20-14-21(17-26)23(27-11-5-4-9-22(20)27)15-25-24(28)13-19-8-6-7-18(2)12-19/h3,6-8,12,20-23H,1,4-5,9-11,13-17H2,2H3,(H,25,28)/t20-,21+,22+,23+/m1/s1. The van der Waals surface area contributed by atoms with Crippen LogP contribution in [-0.2, 0) is 11.2 Å². The number of piperidine rings is 3. The smallest absolute Gasteiger partial charge is 0.224 e. The minimum Gasteiger partial charge on any atom is -0.354 e. The Bertz CT molecular complexity index is 703. The van der Waals surface area contributed by atoms with Gasteiger partial charge in [-0.05, 0) is 50.1 Å². The molecule has 3 fully saturated rings. The number of likely N-dealkylation sites (tertiary alicyclic amines) is 1. The number of carbonyl (C=O) groups is 1. The van der Waals surface area contributed by atoms with Gasteiger partial charge < -0.3 is 5.32 Å². The number of amides is 1. The van der Waals surface area contributed by atoms with Crippen LogP contribution in [0.4, 0.5) is 0 Å². The number of hydrogen-bond donors (Lipinski definition) is 1. The highest BCUT2D eigenvalue weighted by Crippen LogP contribution is 2.40. The van der Waals surface area contributed by atoms with Crippen molar-refractivity contribution < 1.29 is 4.79 Å². The number of fused-ring (bicyclic) bond motifs is 4. The van der Waals surface area contributed by atoms with Gasteiger partial charge in [-0.3, -0.25) is 14.6 Å². The fourth-order valence-corrected chi connectivity index (χ4v) is 5.91. The van der Waals surface area contributed by atoms with E-state index in [0.717, 1.165) is 31.1 Å². The molecule has 2 bridgehead atoms. The fraction of sp³-hybridized carbons (Fsp3) is 0.625. The van der Waals surface area contributed by atoms with Gasteiger partial charge in [0, 0.05) is 38.3 Å². The van der Waals surface area contributed by atoms with E-state index in [9.17, 15) is 4.79 Å². The second-order valence-corrected chi connectivity index (χ2v) is 9.10. The van der Waals surface area contributed by atoms with Crippen LogP contribution in [0.15, 0.2) is 36.9 Å². The van der Waals surface area contributed by atoms with Crippen molar-refractivity contribution in [2.45, 2.75) is 51.1 Å². The highest BCUT2D eigenvalue weighted by molar-refractivity contribution is 5.78. The Labute approximate surface area is 170 Å². The number of nitrogens with one attached hydrogen (secondary N) is 1. The third kappa shape index (κ3) is 4.33. The molecule has 0 aliphatic carbocycles. The van der Waals surface area contributed by atoms with E-state index in [0.29, 0.717) is 24.4 Å². The zero-order chi connectivity index (χ0) is 19.5. The van der Waals surface area contributed by atoms with Crippen LogP contribution in [0.3, 0.4) is 0 Å². The Morgan fingerprint density at radius 2 is 2.14 bits per heavy atom. The van der Waals surface area contributed by atoms with E-state index < -0.39 is 0 Å². The summed E-state index contributed by atoms with van der Waals surface area (Å²) in [5.41, 5.74) is 2.32. The molecule has 0 radical (unpaired) electrons. The maximum Gasteiger partial charge on any atom is 0.224 e. The second kappa shape index (κ2) is 8.79. The monoisotopic (exact) mass is 381 g/mol. The van der Waals surface area contributed by atoms with Crippen LogP contribution < -0.4 is 5.32 Å². The van der Waals surface area contributed by atoms with Gasteiger partial charge in [-0.25, -0.2) is 0 Å². The topological polar surface area (TPSA) is 35.6 Å². The molecular weight excluding hydrogens is 346 g/mol. The van der Waals surface area contributed by atoms with Gasteiger partial charge in [-0.1, -0.05) is 42.3 Å². The van der Waals surface area contributed by atoms with Crippen molar-refractivity contribution in [3.8, 4) is 0 Å². The van der Waals surface area contributed by atoms with Crippen molar-refractivity contribution in [3.63, 3.8) is 0 Å². The molecule has 0 saturated carbocycles. The molecule has 3 aliphatic rings. The molecule has 4 heteroatoms. The number of hydrogen-bond acceptors (Lipinski definition) is 3. The van der Waals surface area contributed by atoms with E-state index in [1.165, 1.54) is 44.3 Å². The number of nitrogens with zero attached hydrogens (tertiary/aromatic N) is 2. The van der Waals surface area contributed by atoms with E-state index in [1.807, 2.05) is 18.2 Å². The van der Waals surface area contributed by atoms with Crippen molar-refractivity contribution in [3.05, 3.63) is 48.0 Å². The minimum absolute atomic E-state index is 0.153. The summed E-state index contributed by atoms with van der Waals surface area (Å²) >= 11 is 0. The van der Waals surface area contributed by atoms with Crippen LogP contribution in [0.2, 0.25) is 0 Å². The summed E-state index contributed by atoms with van der Waals surface area (Å²) in [7, 11) is 0. The fourth-order valence-electron chi connectivity index (χ4n) is 5.91. The molecule has 0 spiro atoms. The van der Waals surface area contributed by atoms with Crippen LogP contribution in [0.1, 0.15) is 36.8 Å². The molecular formula is C24H35N3O. The minimum atomic E-state index is 0.153. The number of carbonyl (C=O) groups excluding carboxylic acids is 1. The van der Waals surface area contributed by atoms with Crippen molar-refractivity contribution >= 4 is 5.91 Å². The van der Waals surface area contributed by atoms with Gasteiger partial charge >= 0.3 is 0 Å². The summed E-state index contributed by atoms with van der Waals surface area (Å²) in [6, 6.07) is 9.46. The molecule has 0 unspecified atom stereocenters. The first kappa shape index (κ1) is 19.7. The van der Waals surface area contributed by atoms with E-state index in [2.05, 4.69) is 40.8 Å². The first-order valence-electron chi connectivity index (χ1n) is 11.1. The first-order chi connectivity index (χ1) is 13.6. The molecule has 3 aliphatic heterocycles. The maximum absolute atomic E-state index is 12.6. The summed E-state index contributed by atoms with van der Waals surface area (Å²) in [6.07, 6.45) is 7.84. The zero-order valence-electron chi connectivity index (χ0n) is 17.3.